The van der Waals surface area contributed by atoms with E-state index in [2.05, 4.69) is 16.4 Å². The van der Waals surface area contributed by atoms with Crippen molar-refractivity contribution in [1.82, 2.24) is 10.3 Å². The molecule has 2 rings (SSSR count). The Hall–Kier alpha value is -1.46. The first-order valence-electron chi connectivity index (χ1n) is 6.09. The lowest BCUT2D eigenvalue weighted by Gasteiger charge is -2.16. The molecule has 102 valence electrons. The van der Waals surface area contributed by atoms with Crippen LogP contribution in [0.15, 0.2) is 40.2 Å². The smallest absolute Gasteiger partial charge is 0.255 e. The SMILES string of the molecule is CNC(CSc1nc(C)co1)c1cccc(OC)c1. The molecule has 1 heterocycles. The first-order valence-corrected chi connectivity index (χ1v) is 7.07. The number of ether oxygens (including phenoxy) is 1. The zero-order chi connectivity index (χ0) is 13.7. The van der Waals surface area contributed by atoms with Crippen LogP contribution in [0.3, 0.4) is 0 Å². The summed E-state index contributed by atoms with van der Waals surface area (Å²) in [5, 5.41) is 4.01. The molecule has 1 aromatic heterocycles. The van der Waals surface area contributed by atoms with E-state index >= 15 is 0 Å². The fourth-order valence-corrected chi connectivity index (χ4v) is 2.75. The average Bonchev–Trinajstić information content (AvgIpc) is 2.85. The number of oxazole rings is 1. The third-order valence-corrected chi connectivity index (χ3v) is 3.75. The minimum Gasteiger partial charge on any atom is -0.497 e. The highest BCUT2D eigenvalue weighted by atomic mass is 32.2. The van der Waals surface area contributed by atoms with E-state index < -0.39 is 0 Å². The third-order valence-electron chi connectivity index (χ3n) is 2.82. The Balaban J connectivity index is 2.02. The van der Waals surface area contributed by atoms with Gasteiger partial charge in [-0.3, -0.25) is 0 Å². The molecule has 0 saturated carbocycles. The van der Waals surface area contributed by atoms with Crippen molar-refractivity contribution < 1.29 is 9.15 Å². The number of nitrogens with zero attached hydrogens (tertiary/aromatic N) is 1. The van der Waals surface area contributed by atoms with Crippen molar-refractivity contribution in [3.63, 3.8) is 0 Å². The number of hydrogen-bond donors (Lipinski definition) is 1. The molecule has 0 aliphatic rings. The summed E-state index contributed by atoms with van der Waals surface area (Å²) in [7, 11) is 3.63. The van der Waals surface area contributed by atoms with Crippen LogP contribution < -0.4 is 10.1 Å². The molecule has 0 amide bonds. The lowest BCUT2D eigenvalue weighted by Crippen LogP contribution is -2.18. The van der Waals surface area contributed by atoms with E-state index in [4.69, 9.17) is 9.15 Å². The first-order chi connectivity index (χ1) is 9.22. The number of thioether (sulfide) groups is 1. The van der Waals surface area contributed by atoms with Crippen LogP contribution in [-0.4, -0.2) is 24.9 Å². The molecule has 0 aliphatic heterocycles. The van der Waals surface area contributed by atoms with Crippen LogP contribution in [0.25, 0.3) is 0 Å². The van der Waals surface area contributed by atoms with Gasteiger partial charge in [-0.15, -0.1) is 0 Å². The van der Waals surface area contributed by atoms with E-state index in [0.717, 1.165) is 17.2 Å². The van der Waals surface area contributed by atoms with Crippen molar-refractivity contribution in [1.29, 1.82) is 0 Å². The molecule has 4 nitrogen and oxygen atoms in total. The summed E-state index contributed by atoms with van der Waals surface area (Å²) >= 11 is 1.60. The van der Waals surface area contributed by atoms with Crippen LogP contribution in [0.4, 0.5) is 0 Å². The van der Waals surface area contributed by atoms with E-state index in [1.165, 1.54) is 5.56 Å². The number of aromatic nitrogens is 1. The van der Waals surface area contributed by atoms with Crippen molar-refractivity contribution in [2.75, 3.05) is 19.9 Å². The summed E-state index contributed by atoms with van der Waals surface area (Å²) in [6.07, 6.45) is 1.67. The van der Waals surface area contributed by atoms with Gasteiger partial charge in [0.2, 0.25) is 0 Å². The van der Waals surface area contributed by atoms with Gasteiger partial charge in [-0.25, -0.2) is 4.98 Å². The maximum Gasteiger partial charge on any atom is 0.255 e. The fraction of sp³-hybridized carbons (Fsp3) is 0.357. The summed E-state index contributed by atoms with van der Waals surface area (Å²) in [5.74, 6) is 1.72. The van der Waals surface area contributed by atoms with E-state index in [9.17, 15) is 0 Å². The lowest BCUT2D eigenvalue weighted by atomic mass is 10.1. The second-order valence-corrected chi connectivity index (χ2v) is 5.15. The summed E-state index contributed by atoms with van der Waals surface area (Å²) in [5.41, 5.74) is 2.10. The molecule has 2 aromatic rings. The molecule has 0 aliphatic carbocycles. The number of nitrogens with one attached hydrogen (secondary N) is 1. The Kier molecular flexibility index (Phi) is 4.87. The highest BCUT2D eigenvalue weighted by Crippen LogP contribution is 2.26. The van der Waals surface area contributed by atoms with Crippen LogP contribution in [0.2, 0.25) is 0 Å². The van der Waals surface area contributed by atoms with Gasteiger partial charge in [-0.1, -0.05) is 23.9 Å². The maximum absolute atomic E-state index is 5.34. The minimum atomic E-state index is 0.229. The van der Waals surface area contributed by atoms with Crippen molar-refractivity contribution in [2.24, 2.45) is 0 Å². The monoisotopic (exact) mass is 278 g/mol. The molecular weight excluding hydrogens is 260 g/mol. The van der Waals surface area contributed by atoms with Gasteiger partial charge >= 0.3 is 0 Å². The second kappa shape index (κ2) is 6.63. The van der Waals surface area contributed by atoms with E-state index in [0.29, 0.717) is 5.22 Å². The van der Waals surface area contributed by atoms with Crippen molar-refractivity contribution in [3.8, 4) is 5.75 Å². The normalized spacial score (nSPS) is 12.4. The first kappa shape index (κ1) is 14.0. The molecule has 1 atom stereocenters. The predicted molar refractivity (Wildman–Crippen MR) is 76.8 cm³/mol. The Bertz CT molecular complexity index is 528. The van der Waals surface area contributed by atoms with Gasteiger partial charge in [0.1, 0.15) is 12.0 Å². The summed E-state index contributed by atoms with van der Waals surface area (Å²) in [4.78, 5) is 4.29. The summed E-state index contributed by atoms with van der Waals surface area (Å²) in [6, 6.07) is 8.31. The Morgan fingerprint density at radius 2 is 2.32 bits per heavy atom. The Morgan fingerprint density at radius 1 is 1.47 bits per heavy atom. The number of hydrogen-bond acceptors (Lipinski definition) is 5. The minimum absolute atomic E-state index is 0.229. The van der Waals surface area contributed by atoms with E-state index in [1.807, 2.05) is 32.2 Å². The zero-order valence-electron chi connectivity index (χ0n) is 11.3. The quantitative estimate of drug-likeness (QED) is 0.823. The maximum atomic E-state index is 5.34. The van der Waals surface area contributed by atoms with Gasteiger partial charge in [-0.2, -0.15) is 0 Å². The molecule has 19 heavy (non-hydrogen) atoms. The molecule has 5 heteroatoms. The Labute approximate surface area is 117 Å². The fourth-order valence-electron chi connectivity index (χ4n) is 1.76. The largest absolute Gasteiger partial charge is 0.497 e. The molecule has 0 bridgehead atoms. The van der Waals surface area contributed by atoms with Crippen LogP contribution in [-0.2, 0) is 0 Å². The molecule has 1 N–H and O–H groups in total. The van der Waals surface area contributed by atoms with E-state index in [1.54, 1.807) is 25.1 Å². The lowest BCUT2D eigenvalue weighted by molar-refractivity contribution is 0.413. The second-order valence-electron chi connectivity index (χ2n) is 4.18. The molecule has 0 saturated heterocycles. The highest BCUT2D eigenvalue weighted by Gasteiger charge is 2.12. The van der Waals surface area contributed by atoms with Crippen LogP contribution in [0, 0.1) is 6.92 Å². The van der Waals surface area contributed by atoms with Crippen molar-refractivity contribution in [3.05, 3.63) is 41.8 Å². The topological polar surface area (TPSA) is 47.3 Å². The number of methoxy groups -OCH3 is 1. The standard InChI is InChI=1S/C14H18N2O2S/c1-10-8-18-14(16-10)19-9-13(15-2)11-5-4-6-12(7-11)17-3/h4-8,13,15H,9H2,1-3H3. The van der Waals surface area contributed by atoms with Gasteiger partial charge < -0.3 is 14.5 Å². The van der Waals surface area contributed by atoms with Gasteiger partial charge in [0.05, 0.1) is 12.8 Å². The number of aryl methyl sites for hydroxylation is 1. The average molecular weight is 278 g/mol. The molecule has 0 radical (unpaired) electrons. The molecule has 0 fully saturated rings. The third kappa shape index (κ3) is 3.75. The number of rotatable bonds is 6. The van der Waals surface area contributed by atoms with Crippen molar-refractivity contribution >= 4 is 11.8 Å². The molecule has 1 aromatic carbocycles. The zero-order valence-corrected chi connectivity index (χ0v) is 12.2. The predicted octanol–water partition coefficient (Wildman–Crippen LogP) is 3.04. The van der Waals surface area contributed by atoms with Gasteiger partial charge in [0.25, 0.3) is 5.22 Å². The van der Waals surface area contributed by atoms with E-state index in [-0.39, 0.29) is 6.04 Å². The molecular formula is C14H18N2O2S. The number of benzene rings is 1. The molecule has 0 spiro atoms. The van der Waals surface area contributed by atoms with Gasteiger partial charge in [-0.05, 0) is 31.7 Å². The highest BCUT2D eigenvalue weighted by molar-refractivity contribution is 7.99. The van der Waals surface area contributed by atoms with Crippen LogP contribution >= 0.6 is 11.8 Å². The Morgan fingerprint density at radius 3 is 2.95 bits per heavy atom. The molecule has 1 unspecified atom stereocenters. The summed E-state index contributed by atoms with van der Waals surface area (Å²) in [6.45, 7) is 1.92. The van der Waals surface area contributed by atoms with Crippen LogP contribution in [0.5, 0.6) is 5.75 Å². The van der Waals surface area contributed by atoms with Gasteiger partial charge in [0.15, 0.2) is 0 Å². The summed E-state index contributed by atoms with van der Waals surface area (Å²) < 4.78 is 10.6. The van der Waals surface area contributed by atoms with Crippen molar-refractivity contribution in [2.45, 2.75) is 18.2 Å². The van der Waals surface area contributed by atoms with Gasteiger partial charge in [0, 0.05) is 11.8 Å². The van der Waals surface area contributed by atoms with Crippen LogP contribution in [0.1, 0.15) is 17.3 Å².